The van der Waals surface area contributed by atoms with E-state index in [0.717, 1.165) is 25.3 Å². The number of aromatic nitrogens is 2. The molecular weight excluding hydrogens is 220 g/mol. The third kappa shape index (κ3) is 1.41. The first-order valence-corrected chi connectivity index (χ1v) is 7.12. The number of anilines is 2. The van der Waals surface area contributed by atoms with Crippen molar-refractivity contribution in [3.8, 4) is 0 Å². The second-order valence-corrected chi connectivity index (χ2v) is 5.55. The van der Waals surface area contributed by atoms with Gasteiger partial charge in [-0.25, -0.2) is 4.68 Å². The van der Waals surface area contributed by atoms with Gasteiger partial charge in [-0.3, -0.25) is 0 Å². The lowest BCUT2D eigenvalue weighted by Crippen LogP contribution is -2.50. The van der Waals surface area contributed by atoms with Crippen molar-refractivity contribution in [3.63, 3.8) is 0 Å². The summed E-state index contributed by atoms with van der Waals surface area (Å²) in [5.41, 5.74) is 2.39. The molecule has 0 radical (unpaired) electrons. The van der Waals surface area contributed by atoms with E-state index < -0.39 is 0 Å². The molecule has 1 aromatic heterocycles. The second-order valence-electron chi connectivity index (χ2n) is 4.40. The van der Waals surface area contributed by atoms with Gasteiger partial charge in [-0.05, 0) is 13.8 Å². The van der Waals surface area contributed by atoms with Crippen LogP contribution in [0.25, 0.3) is 0 Å². The Bertz CT molecular complexity index is 401. The molecule has 1 fully saturated rings. The number of hydrogen-bond donors (Lipinski definition) is 1. The van der Waals surface area contributed by atoms with E-state index >= 15 is 0 Å². The maximum absolute atomic E-state index is 4.61. The molecule has 1 N–H and O–H groups in total. The van der Waals surface area contributed by atoms with Gasteiger partial charge in [0.05, 0.1) is 11.7 Å². The van der Waals surface area contributed by atoms with Gasteiger partial charge in [-0.1, -0.05) is 0 Å². The molecule has 16 heavy (non-hydrogen) atoms. The van der Waals surface area contributed by atoms with E-state index in [1.807, 2.05) is 0 Å². The van der Waals surface area contributed by atoms with Gasteiger partial charge in [-0.2, -0.15) is 16.9 Å². The smallest absolute Gasteiger partial charge is 0.151 e. The van der Waals surface area contributed by atoms with E-state index in [2.05, 4.69) is 45.6 Å². The van der Waals surface area contributed by atoms with Gasteiger partial charge in [-0.15, -0.1) is 0 Å². The van der Waals surface area contributed by atoms with Crippen LogP contribution in [0.2, 0.25) is 0 Å². The van der Waals surface area contributed by atoms with Gasteiger partial charge >= 0.3 is 0 Å². The summed E-state index contributed by atoms with van der Waals surface area (Å²) in [4.78, 5) is 2.55. The van der Waals surface area contributed by atoms with E-state index in [9.17, 15) is 0 Å². The van der Waals surface area contributed by atoms with E-state index in [1.165, 1.54) is 23.0 Å². The van der Waals surface area contributed by atoms with Crippen LogP contribution in [0.1, 0.15) is 12.6 Å². The summed E-state index contributed by atoms with van der Waals surface area (Å²) in [5.74, 6) is 3.79. The maximum atomic E-state index is 4.61. The summed E-state index contributed by atoms with van der Waals surface area (Å²) in [5, 5.41) is 8.15. The predicted octanol–water partition coefficient (Wildman–Crippen LogP) is 1.56. The van der Waals surface area contributed by atoms with Crippen LogP contribution in [0.5, 0.6) is 0 Å². The average Bonchev–Trinajstić information content (AvgIpc) is 2.66. The Hall–Kier alpha value is -0.840. The molecule has 0 saturated carbocycles. The molecule has 0 aromatic carbocycles. The molecule has 2 aliphatic heterocycles. The van der Waals surface area contributed by atoms with Crippen LogP contribution in [0.4, 0.5) is 11.5 Å². The third-order valence-electron chi connectivity index (χ3n) is 3.41. The highest BCUT2D eigenvalue weighted by Gasteiger charge is 2.32. The van der Waals surface area contributed by atoms with E-state index in [-0.39, 0.29) is 0 Å². The number of thioether (sulfide) groups is 1. The standard InChI is InChI=1S/C11H18N4S/c1-3-15-11-10(8(2)13-15)12-6-9-7-16-5-4-14(9)11/h9,12H,3-7H2,1-2H3. The van der Waals surface area contributed by atoms with E-state index in [4.69, 9.17) is 0 Å². The molecule has 88 valence electrons. The number of nitrogens with one attached hydrogen (secondary N) is 1. The van der Waals surface area contributed by atoms with E-state index in [0.29, 0.717) is 6.04 Å². The van der Waals surface area contributed by atoms with Gasteiger partial charge < -0.3 is 10.2 Å². The van der Waals surface area contributed by atoms with Gasteiger partial charge in [0.25, 0.3) is 0 Å². The zero-order chi connectivity index (χ0) is 11.1. The van der Waals surface area contributed by atoms with Crippen LogP contribution in [0.15, 0.2) is 0 Å². The monoisotopic (exact) mass is 238 g/mol. The minimum absolute atomic E-state index is 0.646. The molecule has 0 amide bonds. The fourth-order valence-electron chi connectivity index (χ4n) is 2.61. The Morgan fingerprint density at radius 1 is 1.56 bits per heavy atom. The van der Waals surface area contributed by atoms with Crippen LogP contribution >= 0.6 is 11.8 Å². The van der Waals surface area contributed by atoms with Crippen LogP contribution in [0, 0.1) is 6.92 Å². The highest BCUT2D eigenvalue weighted by atomic mass is 32.2. The summed E-state index contributed by atoms with van der Waals surface area (Å²) in [7, 11) is 0. The number of aryl methyl sites for hydroxylation is 2. The molecule has 1 atom stereocenters. The molecule has 1 saturated heterocycles. The minimum atomic E-state index is 0.646. The number of nitrogens with zero attached hydrogens (tertiary/aromatic N) is 3. The quantitative estimate of drug-likeness (QED) is 0.805. The first-order valence-electron chi connectivity index (χ1n) is 5.97. The van der Waals surface area contributed by atoms with Crippen LogP contribution < -0.4 is 10.2 Å². The van der Waals surface area contributed by atoms with Crippen LogP contribution in [-0.4, -0.2) is 40.4 Å². The molecule has 4 nitrogen and oxygen atoms in total. The van der Waals surface area contributed by atoms with Crippen LogP contribution in [-0.2, 0) is 6.54 Å². The molecule has 0 aliphatic carbocycles. The topological polar surface area (TPSA) is 33.1 Å². The number of rotatable bonds is 1. The van der Waals surface area contributed by atoms with Gasteiger partial charge in [0, 0.05) is 31.1 Å². The van der Waals surface area contributed by atoms with Gasteiger partial charge in [0.2, 0.25) is 0 Å². The molecule has 0 bridgehead atoms. The highest BCUT2D eigenvalue weighted by Crippen LogP contribution is 2.36. The molecule has 2 aliphatic rings. The first-order chi connectivity index (χ1) is 7.81. The Labute approximate surface area is 100 Å². The lowest BCUT2D eigenvalue weighted by atomic mass is 10.2. The third-order valence-corrected chi connectivity index (χ3v) is 4.51. The van der Waals surface area contributed by atoms with Crippen molar-refractivity contribution < 1.29 is 0 Å². The second kappa shape index (κ2) is 3.87. The minimum Gasteiger partial charge on any atom is -0.378 e. The van der Waals surface area contributed by atoms with Crippen molar-refractivity contribution in [1.82, 2.24) is 9.78 Å². The molecule has 5 heteroatoms. The zero-order valence-electron chi connectivity index (χ0n) is 9.86. The molecule has 3 heterocycles. The molecule has 0 spiro atoms. The largest absolute Gasteiger partial charge is 0.378 e. The summed E-state index contributed by atoms with van der Waals surface area (Å²) in [6, 6.07) is 0.646. The predicted molar refractivity (Wildman–Crippen MR) is 69.6 cm³/mol. The highest BCUT2D eigenvalue weighted by molar-refractivity contribution is 7.99. The number of fused-ring (bicyclic) bond motifs is 3. The average molecular weight is 238 g/mol. The first kappa shape index (κ1) is 10.3. The van der Waals surface area contributed by atoms with Crippen molar-refractivity contribution in [2.75, 3.05) is 34.8 Å². The Balaban J connectivity index is 2.05. The summed E-state index contributed by atoms with van der Waals surface area (Å²) in [6.45, 7) is 7.44. The SMILES string of the molecule is CCn1nc(C)c2c1N1CCSCC1CN2. The fourth-order valence-corrected chi connectivity index (χ4v) is 3.67. The van der Waals surface area contributed by atoms with E-state index in [1.54, 1.807) is 0 Å². The van der Waals surface area contributed by atoms with Crippen molar-refractivity contribution in [1.29, 1.82) is 0 Å². The fraction of sp³-hybridized carbons (Fsp3) is 0.727. The lowest BCUT2D eigenvalue weighted by Gasteiger charge is -2.41. The molecule has 1 aromatic rings. The summed E-state index contributed by atoms with van der Waals surface area (Å²) < 4.78 is 2.14. The van der Waals surface area contributed by atoms with Gasteiger partial charge in [0.15, 0.2) is 5.82 Å². The number of hydrogen-bond acceptors (Lipinski definition) is 4. The normalized spacial score (nSPS) is 23.6. The molecule has 1 unspecified atom stereocenters. The Morgan fingerprint density at radius 2 is 2.44 bits per heavy atom. The Morgan fingerprint density at radius 3 is 3.25 bits per heavy atom. The van der Waals surface area contributed by atoms with Crippen LogP contribution in [0.3, 0.4) is 0 Å². The van der Waals surface area contributed by atoms with Gasteiger partial charge in [0.1, 0.15) is 5.69 Å². The van der Waals surface area contributed by atoms with Crippen molar-refractivity contribution in [2.45, 2.75) is 26.4 Å². The van der Waals surface area contributed by atoms with Crippen molar-refractivity contribution in [3.05, 3.63) is 5.69 Å². The summed E-state index contributed by atoms with van der Waals surface area (Å²) in [6.07, 6.45) is 0. The Kier molecular flexibility index (Phi) is 2.50. The molecule has 3 rings (SSSR count). The summed E-state index contributed by atoms with van der Waals surface area (Å²) >= 11 is 2.06. The van der Waals surface area contributed by atoms with Crippen molar-refractivity contribution >= 4 is 23.3 Å². The lowest BCUT2D eigenvalue weighted by molar-refractivity contribution is 0.588. The zero-order valence-corrected chi connectivity index (χ0v) is 10.7. The van der Waals surface area contributed by atoms with Crippen molar-refractivity contribution in [2.24, 2.45) is 0 Å². The maximum Gasteiger partial charge on any atom is 0.151 e. The molecular formula is C11H18N4S.